The van der Waals surface area contributed by atoms with E-state index in [0.29, 0.717) is 6.54 Å². The topological polar surface area (TPSA) is 58.3 Å². The molecule has 0 aliphatic heterocycles. The van der Waals surface area contributed by atoms with Crippen LogP contribution in [0.25, 0.3) is 11.0 Å². The zero-order valence-electron chi connectivity index (χ0n) is 10.0. The summed E-state index contributed by atoms with van der Waals surface area (Å²) in [6.07, 6.45) is 1.16. The van der Waals surface area contributed by atoms with Gasteiger partial charge in [-0.3, -0.25) is 0 Å². The molecule has 92 valence electrons. The molecule has 2 rings (SSSR count). The summed E-state index contributed by atoms with van der Waals surface area (Å²) in [6.45, 7) is 2.27. The van der Waals surface area contributed by atoms with Crippen LogP contribution in [-0.4, -0.2) is 32.5 Å². The maximum atomic E-state index is 9.58. The van der Waals surface area contributed by atoms with Crippen molar-refractivity contribution in [3.05, 3.63) is 30.1 Å². The van der Waals surface area contributed by atoms with Crippen molar-refractivity contribution in [1.29, 1.82) is 0 Å². The van der Waals surface area contributed by atoms with Crippen LogP contribution in [0.5, 0.6) is 0 Å². The highest BCUT2D eigenvalue weighted by Crippen LogP contribution is 2.17. The van der Waals surface area contributed by atoms with Gasteiger partial charge in [0, 0.05) is 6.42 Å². The highest BCUT2D eigenvalue weighted by molar-refractivity contribution is 5.75. The number of nitrogens with zero attached hydrogens (tertiary/aromatic N) is 2. The second-order valence-corrected chi connectivity index (χ2v) is 4.21. The molecule has 0 fully saturated rings. The van der Waals surface area contributed by atoms with E-state index in [9.17, 15) is 5.11 Å². The molecular weight excluding hydrogens is 216 g/mol. The number of aliphatic hydroxyl groups is 2. The van der Waals surface area contributed by atoms with E-state index >= 15 is 0 Å². The summed E-state index contributed by atoms with van der Waals surface area (Å²) in [5, 5.41) is 18.5. The van der Waals surface area contributed by atoms with Crippen LogP contribution in [-0.2, 0) is 13.0 Å². The van der Waals surface area contributed by atoms with Gasteiger partial charge in [-0.1, -0.05) is 19.1 Å². The average Bonchev–Trinajstić information content (AvgIpc) is 2.68. The number of imidazole rings is 1. The van der Waals surface area contributed by atoms with Crippen LogP contribution in [0.2, 0.25) is 0 Å². The number of benzene rings is 1. The first kappa shape index (κ1) is 12.1. The van der Waals surface area contributed by atoms with Gasteiger partial charge < -0.3 is 14.8 Å². The van der Waals surface area contributed by atoms with Crippen LogP contribution >= 0.6 is 0 Å². The van der Waals surface area contributed by atoms with Crippen LogP contribution in [0.1, 0.15) is 19.2 Å². The smallest absolute Gasteiger partial charge is 0.109 e. The van der Waals surface area contributed by atoms with Crippen molar-refractivity contribution >= 4 is 11.0 Å². The normalized spacial score (nSPS) is 13.1. The number of hydrogen-bond acceptors (Lipinski definition) is 3. The molecule has 1 aromatic carbocycles. The second kappa shape index (κ2) is 5.29. The van der Waals surface area contributed by atoms with Gasteiger partial charge in [0.2, 0.25) is 0 Å². The summed E-state index contributed by atoms with van der Waals surface area (Å²) in [5.41, 5.74) is 1.96. The molecular formula is C13H18N2O2. The van der Waals surface area contributed by atoms with Crippen molar-refractivity contribution in [3.63, 3.8) is 0 Å². The molecule has 0 aliphatic rings. The molecule has 0 aliphatic carbocycles. The molecule has 1 unspecified atom stereocenters. The van der Waals surface area contributed by atoms with Crippen molar-refractivity contribution in [2.45, 2.75) is 32.4 Å². The van der Waals surface area contributed by atoms with Gasteiger partial charge >= 0.3 is 0 Å². The Balaban J connectivity index is 2.44. The van der Waals surface area contributed by atoms with Crippen LogP contribution in [0.4, 0.5) is 0 Å². The SMILES string of the molecule is CCCc1nc2ccccc2n1CC(O)CO. The summed E-state index contributed by atoms with van der Waals surface area (Å²) < 4.78 is 2.00. The lowest BCUT2D eigenvalue weighted by molar-refractivity contribution is 0.0814. The number of aryl methyl sites for hydroxylation is 1. The Bertz CT molecular complexity index is 493. The lowest BCUT2D eigenvalue weighted by atomic mass is 10.3. The minimum absolute atomic E-state index is 0.224. The van der Waals surface area contributed by atoms with Crippen molar-refractivity contribution in [2.75, 3.05) is 6.61 Å². The molecule has 17 heavy (non-hydrogen) atoms. The third kappa shape index (κ3) is 2.48. The Labute approximate surface area is 101 Å². The summed E-state index contributed by atoms with van der Waals surface area (Å²) in [4.78, 5) is 4.56. The second-order valence-electron chi connectivity index (χ2n) is 4.21. The summed E-state index contributed by atoms with van der Waals surface area (Å²) >= 11 is 0. The maximum absolute atomic E-state index is 9.58. The Morgan fingerprint density at radius 2 is 2.12 bits per heavy atom. The number of para-hydroxylation sites is 2. The zero-order chi connectivity index (χ0) is 12.3. The lowest BCUT2D eigenvalue weighted by Crippen LogP contribution is -2.21. The zero-order valence-corrected chi connectivity index (χ0v) is 10.0. The first-order chi connectivity index (χ1) is 8.26. The molecule has 0 radical (unpaired) electrons. The van der Waals surface area contributed by atoms with Gasteiger partial charge in [0.1, 0.15) is 5.82 Å². The Morgan fingerprint density at radius 1 is 1.35 bits per heavy atom. The summed E-state index contributed by atoms with van der Waals surface area (Å²) in [6, 6.07) is 7.88. The monoisotopic (exact) mass is 234 g/mol. The first-order valence-electron chi connectivity index (χ1n) is 5.99. The van der Waals surface area contributed by atoms with Gasteiger partial charge in [-0.05, 0) is 18.6 Å². The van der Waals surface area contributed by atoms with E-state index in [-0.39, 0.29) is 6.61 Å². The fourth-order valence-corrected chi connectivity index (χ4v) is 2.01. The van der Waals surface area contributed by atoms with Crippen molar-refractivity contribution < 1.29 is 10.2 Å². The third-order valence-electron chi connectivity index (χ3n) is 2.81. The quantitative estimate of drug-likeness (QED) is 0.821. The van der Waals surface area contributed by atoms with Crippen molar-refractivity contribution in [3.8, 4) is 0 Å². The van der Waals surface area contributed by atoms with E-state index in [4.69, 9.17) is 5.11 Å². The van der Waals surface area contributed by atoms with Gasteiger partial charge in [0.15, 0.2) is 0 Å². The van der Waals surface area contributed by atoms with Gasteiger partial charge in [-0.25, -0.2) is 4.98 Å². The minimum atomic E-state index is -0.733. The first-order valence-corrected chi connectivity index (χ1v) is 5.99. The van der Waals surface area contributed by atoms with Crippen LogP contribution in [0.3, 0.4) is 0 Å². The van der Waals surface area contributed by atoms with Crippen molar-refractivity contribution in [2.24, 2.45) is 0 Å². The van der Waals surface area contributed by atoms with Gasteiger partial charge in [0.25, 0.3) is 0 Å². The van der Waals surface area contributed by atoms with Gasteiger partial charge in [-0.15, -0.1) is 0 Å². The number of aliphatic hydroxyl groups excluding tert-OH is 2. The average molecular weight is 234 g/mol. The van der Waals surface area contributed by atoms with Crippen LogP contribution in [0, 0.1) is 0 Å². The number of fused-ring (bicyclic) bond motifs is 1. The highest BCUT2D eigenvalue weighted by Gasteiger charge is 2.12. The lowest BCUT2D eigenvalue weighted by Gasteiger charge is -2.12. The molecule has 1 heterocycles. The Hall–Kier alpha value is -1.39. The molecule has 2 aromatic rings. The molecule has 2 N–H and O–H groups in total. The molecule has 1 atom stereocenters. The predicted molar refractivity (Wildman–Crippen MR) is 66.8 cm³/mol. The minimum Gasteiger partial charge on any atom is -0.394 e. The van der Waals surface area contributed by atoms with Crippen LogP contribution < -0.4 is 0 Å². The highest BCUT2D eigenvalue weighted by atomic mass is 16.3. The van der Waals surface area contributed by atoms with Crippen LogP contribution in [0.15, 0.2) is 24.3 Å². The fourth-order valence-electron chi connectivity index (χ4n) is 2.01. The largest absolute Gasteiger partial charge is 0.394 e. The van der Waals surface area contributed by atoms with E-state index in [1.54, 1.807) is 0 Å². The number of rotatable bonds is 5. The number of aromatic nitrogens is 2. The summed E-state index contributed by atoms with van der Waals surface area (Å²) in [5.74, 6) is 0.973. The molecule has 4 heteroatoms. The fraction of sp³-hybridized carbons (Fsp3) is 0.462. The van der Waals surface area contributed by atoms with E-state index < -0.39 is 6.10 Å². The third-order valence-corrected chi connectivity index (χ3v) is 2.81. The summed E-state index contributed by atoms with van der Waals surface area (Å²) in [7, 11) is 0. The van der Waals surface area contributed by atoms with E-state index in [1.165, 1.54) is 0 Å². The maximum Gasteiger partial charge on any atom is 0.109 e. The van der Waals surface area contributed by atoms with Gasteiger partial charge in [-0.2, -0.15) is 0 Å². The Morgan fingerprint density at radius 3 is 2.82 bits per heavy atom. The van der Waals surface area contributed by atoms with E-state index in [2.05, 4.69) is 11.9 Å². The molecule has 4 nitrogen and oxygen atoms in total. The van der Waals surface area contributed by atoms with E-state index in [0.717, 1.165) is 29.7 Å². The standard InChI is InChI=1S/C13H18N2O2/c1-2-5-13-14-11-6-3-4-7-12(11)15(13)8-10(17)9-16/h3-4,6-7,10,16-17H,2,5,8-9H2,1H3. The molecule has 0 spiro atoms. The molecule has 1 aromatic heterocycles. The van der Waals surface area contributed by atoms with Gasteiger partial charge in [0.05, 0.1) is 30.3 Å². The molecule has 0 saturated carbocycles. The van der Waals surface area contributed by atoms with E-state index in [1.807, 2.05) is 28.8 Å². The molecule has 0 bridgehead atoms. The Kier molecular flexibility index (Phi) is 3.76. The molecule has 0 amide bonds. The molecule has 0 saturated heterocycles. The predicted octanol–water partition coefficient (Wildman–Crippen LogP) is 1.34. The van der Waals surface area contributed by atoms with Crippen molar-refractivity contribution in [1.82, 2.24) is 9.55 Å². The number of hydrogen-bond donors (Lipinski definition) is 2.